The number of ether oxygens (including phenoxy) is 2. The number of aliphatic hydroxyl groups is 1. The van der Waals surface area contributed by atoms with E-state index in [1.54, 1.807) is 6.20 Å². The number of carbonyl (C=O) groups is 1. The highest BCUT2D eigenvalue weighted by Crippen LogP contribution is 2.40. The molecule has 2 saturated carbocycles. The Hall–Kier alpha value is -3.19. The molecule has 0 saturated heterocycles. The SMILES string of the molecule is CC(=O)n1ncc2cc(OC3(C)CC3)ccc21.CC1(Oc2ccc3c(c2)C=NC3)CC1.CO. The van der Waals surface area contributed by atoms with Crippen molar-refractivity contribution in [2.24, 2.45) is 4.99 Å². The Kier molecular flexibility index (Phi) is 6.26. The lowest BCUT2D eigenvalue weighted by molar-refractivity contribution is 0.0926. The largest absolute Gasteiger partial charge is 0.488 e. The van der Waals surface area contributed by atoms with Gasteiger partial charge in [-0.25, -0.2) is 4.68 Å². The van der Waals surface area contributed by atoms with Crippen LogP contribution in [-0.4, -0.2) is 45.3 Å². The molecule has 2 aliphatic carbocycles. The van der Waals surface area contributed by atoms with E-state index in [-0.39, 0.29) is 17.1 Å². The minimum atomic E-state index is -0.0807. The van der Waals surface area contributed by atoms with Gasteiger partial charge in [-0.15, -0.1) is 0 Å². The zero-order valence-corrected chi connectivity index (χ0v) is 19.7. The van der Waals surface area contributed by atoms with Crippen molar-refractivity contribution in [1.82, 2.24) is 9.78 Å². The van der Waals surface area contributed by atoms with Crippen molar-refractivity contribution < 1.29 is 19.4 Å². The van der Waals surface area contributed by atoms with Gasteiger partial charge in [0.25, 0.3) is 0 Å². The summed E-state index contributed by atoms with van der Waals surface area (Å²) in [6, 6.07) is 12.0. The number of nitrogens with zero attached hydrogens (tertiary/aromatic N) is 3. The van der Waals surface area contributed by atoms with Crippen LogP contribution in [0.1, 0.15) is 62.4 Å². The third kappa shape index (κ3) is 5.42. The maximum absolute atomic E-state index is 11.3. The molecule has 6 rings (SSSR count). The maximum atomic E-state index is 11.3. The second kappa shape index (κ2) is 8.98. The molecule has 7 heteroatoms. The van der Waals surface area contributed by atoms with Crippen LogP contribution in [-0.2, 0) is 6.54 Å². The van der Waals surface area contributed by atoms with E-state index < -0.39 is 0 Å². The van der Waals surface area contributed by atoms with E-state index in [0.717, 1.165) is 48.9 Å². The summed E-state index contributed by atoms with van der Waals surface area (Å²) in [6.45, 7) is 6.60. The van der Waals surface area contributed by atoms with E-state index in [2.05, 4.69) is 42.1 Å². The van der Waals surface area contributed by atoms with E-state index >= 15 is 0 Å². The van der Waals surface area contributed by atoms with Crippen LogP contribution in [0.3, 0.4) is 0 Å². The molecule has 3 aliphatic rings. The first-order valence-electron chi connectivity index (χ1n) is 11.3. The number of aromatic nitrogens is 2. The molecule has 2 fully saturated rings. The van der Waals surface area contributed by atoms with Gasteiger partial charge in [-0.3, -0.25) is 9.79 Å². The van der Waals surface area contributed by atoms with Crippen LogP contribution in [0.2, 0.25) is 0 Å². The number of benzene rings is 2. The Morgan fingerprint density at radius 3 is 2.18 bits per heavy atom. The molecule has 0 amide bonds. The fourth-order valence-electron chi connectivity index (χ4n) is 3.59. The summed E-state index contributed by atoms with van der Waals surface area (Å²) in [5.41, 5.74) is 3.48. The molecule has 3 aromatic rings. The van der Waals surface area contributed by atoms with Crippen LogP contribution in [0.25, 0.3) is 10.9 Å². The number of rotatable bonds is 4. The van der Waals surface area contributed by atoms with Crippen molar-refractivity contribution in [3.8, 4) is 11.5 Å². The molecule has 0 bridgehead atoms. The minimum absolute atomic E-state index is 0.0181. The molecule has 0 radical (unpaired) electrons. The number of carbonyl (C=O) groups excluding carboxylic acids is 1. The molecular weight excluding hydrogens is 418 g/mol. The van der Waals surface area contributed by atoms with Crippen molar-refractivity contribution in [2.75, 3.05) is 7.11 Å². The zero-order chi connectivity index (χ0) is 23.6. The second-order valence-electron chi connectivity index (χ2n) is 9.23. The summed E-state index contributed by atoms with van der Waals surface area (Å²) in [7, 11) is 1.00. The molecule has 0 unspecified atom stereocenters. The molecule has 0 atom stereocenters. The van der Waals surface area contributed by atoms with E-state index in [9.17, 15) is 4.79 Å². The Bertz CT molecular complexity index is 1190. The normalized spacial score (nSPS) is 17.7. The highest BCUT2D eigenvalue weighted by molar-refractivity contribution is 5.90. The molecule has 1 N–H and O–H groups in total. The van der Waals surface area contributed by atoms with Crippen molar-refractivity contribution in [1.29, 1.82) is 0 Å². The van der Waals surface area contributed by atoms with Crippen LogP contribution in [0.5, 0.6) is 11.5 Å². The highest BCUT2D eigenvalue weighted by atomic mass is 16.5. The topological polar surface area (TPSA) is 85.9 Å². The fraction of sp³-hybridized carbons (Fsp3) is 0.423. The van der Waals surface area contributed by atoms with E-state index in [1.807, 2.05) is 24.4 Å². The molecule has 1 aliphatic heterocycles. The van der Waals surface area contributed by atoms with Gasteiger partial charge < -0.3 is 14.6 Å². The summed E-state index contributed by atoms with van der Waals surface area (Å²) in [6.07, 6.45) is 8.20. The van der Waals surface area contributed by atoms with Crippen molar-refractivity contribution in [3.63, 3.8) is 0 Å². The fourth-order valence-corrected chi connectivity index (χ4v) is 3.59. The van der Waals surface area contributed by atoms with Gasteiger partial charge in [-0.1, -0.05) is 6.07 Å². The van der Waals surface area contributed by atoms with Gasteiger partial charge in [0.2, 0.25) is 5.91 Å². The van der Waals surface area contributed by atoms with Crippen LogP contribution in [0.15, 0.2) is 47.6 Å². The van der Waals surface area contributed by atoms with Gasteiger partial charge in [0, 0.05) is 31.2 Å². The minimum Gasteiger partial charge on any atom is -0.488 e. The van der Waals surface area contributed by atoms with E-state index in [1.165, 1.54) is 35.6 Å². The average Bonchev–Trinajstić information content (AvgIpc) is 3.57. The first kappa shape index (κ1) is 23.0. The van der Waals surface area contributed by atoms with Gasteiger partial charge in [0.1, 0.15) is 22.7 Å². The Balaban J connectivity index is 0.000000148. The van der Waals surface area contributed by atoms with E-state index in [0.29, 0.717) is 0 Å². The summed E-state index contributed by atoms with van der Waals surface area (Å²) in [4.78, 5) is 15.5. The standard InChI is InChI=1S/C13H14N2O2.C12H13NO.CH4O/c1-9(16)15-12-4-3-11(7-10(12)8-14-15)17-13(2)5-6-13;1-12(4-5-12)14-11-3-2-9-7-13-8-10(9)6-11;1-2/h3-4,7-8H,5-6H2,1-2H3;2-3,6,8H,4-5,7H2,1H3;2H,1H3. The predicted octanol–water partition coefficient (Wildman–Crippen LogP) is 4.79. The third-order valence-electron chi connectivity index (χ3n) is 6.08. The zero-order valence-electron chi connectivity index (χ0n) is 19.7. The lowest BCUT2D eigenvalue weighted by Crippen LogP contribution is -2.12. The first-order valence-corrected chi connectivity index (χ1v) is 11.3. The van der Waals surface area contributed by atoms with Crippen molar-refractivity contribution in [3.05, 3.63) is 53.7 Å². The molecule has 2 aromatic carbocycles. The molecule has 7 nitrogen and oxygen atoms in total. The second-order valence-corrected chi connectivity index (χ2v) is 9.23. The van der Waals surface area contributed by atoms with Crippen LogP contribution in [0, 0.1) is 0 Å². The molecule has 33 heavy (non-hydrogen) atoms. The third-order valence-corrected chi connectivity index (χ3v) is 6.08. The average molecular weight is 450 g/mol. The number of hydrogen-bond donors (Lipinski definition) is 1. The van der Waals surface area contributed by atoms with Gasteiger partial charge in [-0.2, -0.15) is 5.10 Å². The van der Waals surface area contributed by atoms with Crippen LogP contribution >= 0.6 is 0 Å². The quantitative estimate of drug-likeness (QED) is 0.619. The molecule has 2 heterocycles. The van der Waals surface area contributed by atoms with Crippen LogP contribution < -0.4 is 9.47 Å². The van der Waals surface area contributed by atoms with Gasteiger partial charge in [-0.05, 0) is 75.4 Å². The Labute approximate surface area is 194 Å². The molecular formula is C26H31N3O4. The maximum Gasteiger partial charge on any atom is 0.244 e. The number of hydrogen-bond acceptors (Lipinski definition) is 6. The van der Waals surface area contributed by atoms with Gasteiger partial charge >= 0.3 is 0 Å². The summed E-state index contributed by atoms with van der Waals surface area (Å²) in [5.74, 6) is 1.75. The number of fused-ring (bicyclic) bond motifs is 2. The Morgan fingerprint density at radius 1 is 0.970 bits per heavy atom. The predicted molar refractivity (Wildman–Crippen MR) is 128 cm³/mol. The van der Waals surface area contributed by atoms with E-state index in [4.69, 9.17) is 14.6 Å². The van der Waals surface area contributed by atoms with Gasteiger partial charge in [0.05, 0.1) is 18.3 Å². The first-order chi connectivity index (χ1) is 15.8. The van der Waals surface area contributed by atoms with Crippen LogP contribution in [0.4, 0.5) is 0 Å². The lowest BCUT2D eigenvalue weighted by atomic mass is 10.1. The van der Waals surface area contributed by atoms with Crippen molar-refractivity contribution in [2.45, 2.75) is 64.2 Å². The monoisotopic (exact) mass is 449 g/mol. The highest BCUT2D eigenvalue weighted by Gasteiger charge is 2.40. The summed E-state index contributed by atoms with van der Waals surface area (Å²) < 4.78 is 13.1. The number of aliphatic imine (C=N–C) groups is 1. The lowest BCUT2D eigenvalue weighted by Gasteiger charge is -2.13. The molecule has 174 valence electrons. The van der Waals surface area contributed by atoms with Gasteiger partial charge in [0.15, 0.2) is 0 Å². The summed E-state index contributed by atoms with van der Waals surface area (Å²) in [5, 5.41) is 12.0. The van der Waals surface area contributed by atoms with Crippen molar-refractivity contribution >= 4 is 23.0 Å². The molecule has 0 spiro atoms. The summed E-state index contributed by atoms with van der Waals surface area (Å²) >= 11 is 0. The smallest absolute Gasteiger partial charge is 0.244 e. The Morgan fingerprint density at radius 2 is 1.58 bits per heavy atom. The number of aliphatic hydroxyl groups excluding tert-OH is 1. The molecule has 1 aromatic heterocycles.